The molecule has 4 aromatic heterocycles. The van der Waals surface area contributed by atoms with Crippen LogP contribution >= 0.6 is 0 Å². The Morgan fingerprint density at radius 1 is 0.393 bits per heavy atom. The van der Waals surface area contributed by atoms with E-state index in [0.717, 1.165) is 91.4 Å². The number of aromatic nitrogens is 4. The lowest BCUT2D eigenvalue weighted by Gasteiger charge is -2.41. The van der Waals surface area contributed by atoms with E-state index in [9.17, 15) is 40.4 Å². The number of rotatable bonds is 30. The van der Waals surface area contributed by atoms with E-state index < -0.39 is 42.6 Å². The number of aryl methyl sites for hydroxylation is 2. The van der Waals surface area contributed by atoms with Crippen LogP contribution in [-0.2, 0) is 47.5 Å². The van der Waals surface area contributed by atoms with Crippen LogP contribution < -0.4 is 18.9 Å². The van der Waals surface area contributed by atoms with Crippen molar-refractivity contribution < 1.29 is 91.8 Å². The molecule has 1 N–H and O–H groups in total. The van der Waals surface area contributed by atoms with E-state index in [-0.39, 0.29) is 99.7 Å². The number of aliphatic hydroxyl groups excluding tert-OH is 1. The summed E-state index contributed by atoms with van der Waals surface area (Å²) in [4.78, 5) is 73.1. The molecule has 122 heavy (non-hydrogen) atoms. The summed E-state index contributed by atoms with van der Waals surface area (Å²) in [6.07, 6.45) is 23.4. The monoisotopic (exact) mass is 1730 g/mol. The average molecular weight is 1740 g/mol. The van der Waals surface area contributed by atoms with Gasteiger partial charge in [-0.1, -0.05) is 50.2 Å². The van der Waals surface area contributed by atoms with Crippen LogP contribution in [0.15, 0.2) is 132 Å². The van der Waals surface area contributed by atoms with E-state index >= 15 is 0 Å². The van der Waals surface area contributed by atoms with Gasteiger partial charge in [0.1, 0.15) is 71.8 Å². The summed E-state index contributed by atoms with van der Waals surface area (Å²) < 4.78 is 118. The minimum absolute atomic E-state index is 0. The van der Waals surface area contributed by atoms with Crippen molar-refractivity contribution in [2.24, 2.45) is 23.7 Å². The van der Waals surface area contributed by atoms with Crippen LogP contribution in [-0.4, -0.2) is 212 Å². The SMILES string of the molecule is C.C.CC(C)(C)OC(=O)N1CC[C@H]1COc1cncc(C2C[C@H]2CCF)c1.CC(C)(C)OC(=O)N1CC[C@H]1COc1cncc(C2C[C@H]2CCO)c1.Cc1ccc(S(=O)(=O)OCC[C@@H]2CC2c2cncc(OC[C@@H]3CCN3C(=O)OC(C)(C)C)c2)cc1.Cc1ccc(S(=O)(=O)OCC[C@@H]2CC2c2cncc(OC[C@@H]3CCN3C(=O)OC(C)(C)C)c2)cc1. The highest BCUT2D eigenvalue weighted by molar-refractivity contribution is 7.87. The summed E-state index contributed by atoms with van der Waals surface area (Å²) in [5.74, 6) is 6.04. The molecule has 0 radical (unpaired) electrons. The molecule has 30 heteroatoms. The number of carbonyl (C=O) groups excluding carboxylic acids is 4. The Kier molecular flexibility index (Phi) is 33.5. The minimum atomic E-state index is -3.74. The molecule has 0 bridgehead atoms. The van der Waals surface area contributed by atoms with Crippen molar-refractivity contribution in [3.8, 4) is 23.0 Å². The lowest BCUT2D eigenvalue weighted by atomic mass is 10.1. The van der Waals surface area contributed by atoms with Gasteiger partial charge in [-0.2, -0.15) is 16.8 Å². The number of amides is 4. The third kappa shape index (κ3) is 29.1. The number of benzene rings is 2. The maximum absolute atomic E-state index is 12.4. The highest BCUT2D eigenvalue weighted by Crippen LogP contribution is 2.53. The Bertz CT molecular complexity index is 4360. The Morgan fingerprint density at radius 2 is 0.639 bits per heavy atom. The lowest BCUT2D eigenvalue weighted by Crippen LogP contribution is -2.55. The van der Waals surface area contributed by atoms with Crippen LogP contribution in [0.2, 0.25) is 0 Å². The van der Waals surface area contributed by atoms with Crippen molar-refractivity contribution in [1.29, 1.82) is 0 Å². The van der Waals surface area contributed by atoms with Crippen LogP contribution in [0.3, 0.4) is 0 Å². The van der Waals surface area contributed by atoms with Crippen molar-refractivity contribution in [2.75, 3.05) is 79.1 Å². The molecule has 4 saturated carbocycles. The molecule has 8 fully saturated rings. The Balaban J connectivity index is 0.000000186. The fraction of sp³-hybridized carbons (Fsp3) is 0.609. The molecular weight excluding hydrogens is 1600 g/mol. The van der Waals surface area contributed by atoms with Crippen molar-refractivity contribution in [3.05, 3.63) is 156 Å². The van der Waals surface area contributed by atoms with Crippen LogP contribution in [0.4, 0.5) is 23.6 Å². The van der Waals surface area contributed by atoms with Gasteiger partial charge in [-0.15, -0.1) is 0 Å². The van der Waals surface area contributed by atoms with Gasteiger partial charge in [0.05, 0.1) is 78.6 Å². The first-order valence-electron chi connectivity index (χ1n) is 42.2. The predicted octanol–water partition coefficient (Wildman–Crippen LogP) is 17.5. The first-order chi connectivity index (χ1) is 56.8. The molecule has 4 aliphatic heterocycles. The summed E-state index contributed by atoms with van der Waals surface area (Å²) in [6.45, 7) is 30.9. The second-order valence-corrected chi connectivity index (χ2v) is 39.9. The molecular formula is C92H131FN8O19S2. The molecule has 8 aliphatic rings. The van der Waals surface area contributed by atoms with Crippen molar-refractivity contribution in [1.82, 2.24) is 39.5 Å². The van der Waals surface area contributed by atoms with Crippen molar-refractivity contribution >= 4 is 44.6 Å². The summed E-state index contributed by atoms with van der Waals surface area (Å²) in [7, 11) is -7.47. The lowest BCUT2D eigenvalue weighted by molar-refractivity contribution is -0.0149. The van der Waals surface area contributed by atoms with Crippen molar-refractivity contribution in [2.45, 2.75) is 269 Å². The summed E-state index contributed by atoms with van der Waals surface area (Å²) in [5.41, 5.74) is 4.43. The maximum atomic E-state index is 12.4. The molecule has 8 heterocycles. The molecule has 27 nitrogen and oxygen atoms in total. The van der Waals surface area contributed by atoms with E-state index in [0.29, 0.717) is 136 Å². The van der Waals surface area contributed by atoms with Gasteiger partial charge in [-0.25, -0.2) is 19.2 Å². The zero-order valence-corrected chi connectivity index (χ0v) is 73.6. The molecule has 672 valence electrons. The number of hydrogen-bond donors (Lipinski definition) is 1. The summed E-state index contributed by atoms with van der Waals surface area (Å²) in [5, 5.41) is 9.03. The third-order valence-corrected chi connectivity index (χ3v) is 24.9. The predicted molar refractivity (Wildman–Crippen MR) is 461 cm³/mol. The van der Waals surface area contributed by atoms with Crippen LogP contribution in [0, 0.1) is 37.5 Å². The van der Waals surface area contributed by atoms with Gasteiger partial charge in [-0.05, 0) is 292 Å². The Morgan fingerprint density at radius 3 is 0.861 bits per heavy atom. The Hall–Kier alpha value is -8.97. The van der Waals surface area contributed by atoms with Gasteiger partial charge in [0.25, 0.3) is 20.2 Å². The number of ether oxygens (including phenoxy) is 8. The number of alkyl halides is 1. The van der Waals surface area contributed by atoms with Gasteiger partial charge < -0.3 is 62.6 Å². The van der Waals surface area contributed by atoms with Crippen LogP contribution in [0.25, 0.3) is 0 Å². The van der Waals surface area contributed by atoms with Gasteiger partial charge in [0.2, 0.25) is 0 Å². The van der Waals surface area contributed by atoms with Crippen molar-refractivity contribution in [3.63, 3.8) is 0 Å². The summed E-state index contributed by atoms with van der Waals surface area (Å²) in [6, 6.07) is 21.4. The van der Waals surface area contributed by atoms with E-state index in [1.54, 1.807) is 92.9 Å². The van der Waals surface area contributed by atoms with Crippen LogP contribution in [0.1, 0.15) is 232 Å². The molecule has 14 rings (SSSR count). The smallest absolute Gasteiger partial charge is 0.410 e. The number of pyridine rings is 4. The topological polar surface area (TPSA) is 314 Å². The quantitative estimate of drug-likeness (QED) is 0.0323. The summed E-state index contributed by atoms with van der Waals surface area (Å²) >= 11 is 0. The van der Waals surface area contributed by atoms with Gasteiger partial charge in [0.15, 0.2) is 0 Å². The largest absolute Gasteiger partial charge is 0.490 e. The van der Waals surface area contributed by atoms with E-state index in [1.807, 2.05) is 146 Å². The highest BCUT2D eigenvalue weighted by atomic mass is 32.2. The number of likely N-dealkylation sites (tertiary alicyclic amines) is 4. The number of aliphatic hydroxyl groups is 1. The normalized spacial score (nSPS) is 22.9. The molecule has 12 atom stereocenters. The molecule has 2 aromatic carbocycles. The standard InChI is InChI=1S/2C26H34N2O6S.C19H27FN2O3.C19H28N2O4.2CH4/c2*1-18-5-7-23(8-6-18)35(30,31)33-12-10-19-14-24(19)20-13-22(16-27-15-20)32-17-21-9-11-28(21)25(29)34-26(2,3)4;1-19(2,3)25-18(23)22-7-5-15(22)12-24-16-8-14(10-21-11-16)17-9-13(17)4-6-20;1-19(2,3)25-18(23)21-6-4-15(21)12-24-16-8-14(10-20-11-16)17-9-13(17)5-7-22;;/h2*5-8,13,15-16,19,21,24H,9-12,14,17H2,1-4H3;8,10-11,13,15,17H,4-7,9,12H2,1-3H3;8,10-11,13,15,17,22H,4-7,9,12H2,1-3H3;2*1H4/t2*19-,21+,24?;2*13-,15+,17?;;/m1111../s1. The first kappa shape index (κ1) is 96.8. The number of carbonyl (C=O) groups is 4. The fourth-order valence-corrected chi connectivity index (χ4v) is 16.6. The second kappa shape index (κ2) is 42.1. The second-order valence-electron chi connectivity index (χ2n) is 36.7. The average Bonchev–Trinajstić information content (AvgIpc) is 1.55. The van der Waals surface area contributed by atoms with E-state index in [2.05, 4.69) is 19.9 Å². The minimum Gasteiger partial charge on any atom is -0.490 e. The van der Waals surface area contributed by atoms with Gasteiger partial charge >= 0.3 is 24.4 Å². The molecule has 4 aliphatic carbocycles. The molecule has 4 saturated heterocycles. The zero-order chi connectivity index (χ0) is 86.5. The highest BCUT2D eigenvalue weighted by Gasteiger charge is 2.44. The number of halogens is 1. The Labute approximate surface area is 722 Å². The van der Waals surface area contributed by atoms with E-state index in [4.69, 9.17) is 51.4 Å². The number of nitrogens with zero attached hydrogens (tertiary/aromatic N) is 8. The fourth-order valence-electron chi connectivity index (χ4n) is 14.7. The van der Waals surface area contributed by atoms with Crippen LogP contribution in [0.5, 0.6) is 23.0 Å². The molecule has 4 amide bonds. The first-order valence-corrected chi connectivity index (χ1v) is 45.0. The third-order valence-electron chi connectivity index (χ3n) is 22.3. The van der Waals surface area contributed by atoms with E-state index in [1.165, 1.54) is 5.56 Å². The van der Waals surface area contributed by atoms with Gasteiger partial charge in [-0.3, -0.25) is 32.7 Å². The number of hydrogen-bond acceptors (Lipinski definition) is 23. The molecule has 6 aromatic rings. The molecule has 0 spiro atoms. The maximum Gasteiger partial charge on any atom is 0.410 e. The van der Waals surface area contributed by atoms with Gasteiger partial charge in [0, 0.05) is 57.6 Å². The zero-order valence-electron chi connectivity index (χ0n) is 72.0. The molecule has 4 unspecified atom stereocenters.